The van der Waals surface area contributed by atoms with Gasteiger partial charge in [0.25, 0.3) is 0 Å². The van der Waals surface area contributed by atoms with Crippen LogP contribution in [0.5, 0.6) is 0 Å². The molecular formula is C24H22O. The summed E-state index contributed by atoms with van der Waals surface area (Å²) in [5.41, 5.74) is 4.31. The van der Waals surface area contributed by atoms with Crippen LogP contribution in [0.1, 0.15) is 35.1 Å². The maximum absolute atomic E-state index is 6.33. The topological polar surface area (TPSA) is 9.23 Å². The molecule has 1 unspecified atom stereocenters. The molecule has 1 heteroatoms. The zero-order chi connectivity index (χ0) is 16.7. The minimum absolute atomic E-state index is 0.184. The first-order chi connectivity index (χ1) is 12.4. The summed E-state index contributed by atoms with van der Waals surface area (Å²) >= 11 is 0. The van der Waals surface area contributed by atoms with Crippen LogP contribution in [-0.2, 0) is 4.74 Å². The molecule has 1 heterocycles. The van der Waals surface area contributed by atoms with E-state index in [-0.39, 0.29) is 11.5 Å². The Bertz CT molecular complexity index is 804. The van der Waals surface area contributed by atoms with Crippen LogP contribution >= 0.6 is 0 Å². The van der Waals surface area contributed by atoms with Gasteiger partial charge in [0, 0.05) is 11.3 Å². The lowest BCUT2D eigenvalue weighted by Crippen LogP contribution is -2.23. The van der Waals surface area contributed by atoms with Crippen molar-refractivity contribution in [1.29, 1.82) is 0 Å². The van der Waals surface area contributed by atoms with Crippen LogP contribution in [0.4, 0.5) is 0 Å². The molecule has 1 saturated carbocycles. The summed E-state index contributed by atoms with van der Waals surface area (Å²) in [6, 6.07) is 32.8. The Morgan fingerprint density at radius 2 is 1.24 bits per heavy atom. The molecular weight excluding hydrogens is 304 g/mol. The van der Waals surface area contributed by atoms with Crippen molar-refractivity contribution in [2.24, 2.45) is 11.3 Å². The van der Waals surface area contributed by atoms with Crippen LogP contribution in [0, 0.1) is 11.3 Å². The highest BCUT2D eigenvalue weighted by Gasteiger charge is 2.68. The predicted octanol–water partition coefficient (Wildman–Crippen LogP) is 5.60. The van der Waals surface area contributed by atoms with Crippen LogP contribution in [0.3, 0.4) is 0 Å². The van der Waals surface area contributed by atoms with Gasteiger partial charge >= 0.3 is 0 Å². The summed E-state index contributed by atoms with van der Waals surface area (Å²) in [6.07, 6.45) is 1.44. The number of rotatable bonds is 4. The number of fused-ring (bicyclic) bond motifs is 1. The standard InChI is InChI=1S/C24H22O/c1-4-10-18(11-5-1)22(19-12-6-2-7-13-19)24-16-21(24)17-25-23(24)20-14-8-3-9-15-20/h1-15,21-23H,16-17H2/t21-,23?,24-/m0/s1. The lowest BCUT2D eigenvalue weighted by molar-refractivity contribution is 0.0477. The largest absolute Gasteiger partial charge is 0.373 e. The number of hydrogen-bond acceptors (Lipinski definition) is 1. The lowest BCUT2D eigenvalue weighted by atomic mass is 9.73. The van der Waals surface area contributed by atoms with Crippen molar-refractivity contribution in [3.05, 3.63) is 108 Å². The van der Waals surface area contributed by atoms with Crippen molar-refractivity contribution in [3.8, 4) is 0 Å². The van der Waals surface area contributed by atoms with Gasteiger partial charge in [0.2, 0.25) is 0 Å². The highest BCUT2D eigenvalue weighted by molar-refractivity contribution is 5.42. The molecule has 5 rings (SSSR count). The average Bonchev–Trinajstić information content (AvgIpc) is 3.28. The Morgan fingerprint density at radius 1 is 0.720 bits per heavy atom. The molecule has 2 aliphatic rings. The first-order valence-electron chi connectivity index (χ1n) is 9.16. The summed E-state index contributed by atoms with van der Waals surface area (Å²) < 4.78 is 6.33. The normalized spacial score (nSPS) is 27.2. The minimum Gasteiger partial charge on any atom is -0.373 e. The monoisotopic (exact) mass is 326 g/mol. The molecule has 3 atom stereocenters. The number of hydrogen-bond donors (Lipinski definition) is 0. The lowest BCUT2D eigenvalue weighted by Gasteiger charge is -2.32. The molecule has 0 radical (unpaired) electrons. The van der Waals surface area contributed by atoms with E-state index in [0.29, 0.717) is 11.8 Å². The van der Waals surface area contributed by atoms with E-state index in [1.165, 1.54) is 23.1 Å². The summed E-state index contributed by atoms with van der Waals surface area (Å²) in [7, 11) is 0. The highest BCUT2D eigenvalue weighted by Crippen LogP contribution is 2.73. The van der Waals surface area contributed by atoms with Gasteiger partial charge in [0.1, 0.15) is 0 Å². The first kappa shape index (κ1) is 14.9. The van der Waals surface area contributed by atoms with E-state index < -0.39 is 0 Å². The molecule has 0 spiro atoms. The molecule has 124 valence electrons. The van der Waals surface area contributed by atoms with Crippen molar-refractivity contribution in [2.75, 3.05) is 6.61 Å². The molecule has 1 nitrogen and oxygen atoms in total. The molecule has 0 N–H and O–H groups in total. The number of benzene rings is 3. The second-order valence-electron chi connectivity index (χ2n) is 7.39. The van der Waals surface area contributed by atoms with Gasteiger partial charge in [-0.2, -0.15) is 0 Å². The Kier molecular flexibility index (Phi) is 3.50. The zero-order valence-corrected chi connectivity index (χ0v) is 14.2. The van der Waals surface area contributed by atoms with Gasteiger partial charge < -0.3 is 4.74 Å². The van der Waals surface area contributed by atoms with Crippen molar-refractivity contribution in [2.45, 2.75) is 18.4 Å². The third-order valence-electron chi connectivity index (χ3n) is 6.06. The van der Waals surface area contributed by atoms with Crippen molar-refractivity contribution in [1.82, 2.24) is 0 Å². The Labute approximate surface area is 149 Å². The zero-order valence-electron chi connectivity index (χ0n) is 14.2. The van der Waals surface area contributed by atoms with Crippen LogP contribution in [0.15, 0.2) is 91.0 Å². The van der Waals surface area contributed by atoms with E-state index >= 15 is 0 Å². The average molecular weight is 326 g/mol. The molecule has 0 aromatic heterocycles. The summed E-state index contributed by atoms with van der Waals surface area (Å²) in [6.45, 7) is 0.885. The van der Waals surface area contributed by atoms with Crippen molar-refractivity contribution in [3.63, 3.8) is 0 Å². The summed E-state index contributed by atoms with van der Waals surface area (Å²) in [4.78, 5) is 0. The molecule has 2 fully saturated rings. The van der Waals surface area contributed by atoms with Crippen LogP contribution in [0.2, 0.25) is 0 Å². The van der Waals surface area contributed by atoms with Gasteiger partial charge in [-0.15, -0.1) is 0 Å². The summed E-state index contributed by atoms with van der Waals surface area (Å²) in [5, 5.41) is 0. The van der Waals surface area contributed by atoms with E-state index in [1.54, 1.807) is 0 Å². The molecule has 1 aliphatic heterocycles. The van der Waals surface area contributed by atoms with Gasteiger partial charge in [-0.25, -0.2) is 0 Å². The van der Waals surface area contributed by atoms with E-state index in [9.17, 15) is 0 Å². The van der Waals surface area contributed by atoms with Gasteiger partial charge in [-0.1, -0.05) is 91.0 Å². The molecule has 3 aromatic carbocycles. The van der Waals surface area contributed by atoms with E-state index in [1.807, 2.05) is 0 Å². The second kappa shape index (κ2) is 5.86. The van der Waals surface area contributed by atoms with Gasteiger partial charge in [-0.3, -0.25) is 0 Å². The van der Waals surface area contributed by atoms with Crippen molar-refractivity contribution >= 4 is 0 Å². The molecule has 0 bridgehead atoms. The van der Waals surface area contributed by atoms with Crippen LogP contribution < -0.4 is 0 Å². The fourth-order valence-corrected chi connectivity index (χ4v) is 4.91. The van der Waals surface area contributed by atoms with Crippen molar-refractivity contribution < 1.29 is 4.74 Å². The Balaban J connectivity index is 1.64. The number of ether oxygens (including phenoxy) is 1. The molecule has 3 aromatic rings. The third-order valence-corrected chi connectivity index (χ3v) is 6.06. The maximum Gasteiger partial charge on any atom is 0.0893 e. The van der Waals surface area contributed by atoms with E-state index in [0.717, 1.165) is 6.61 Å². The van der Waals surface area contributed by atoms with E-state index in [4.69, 9.17) is 4.74 Å². The molecule has 1 aliphatic carbocycles. The smallest absolute Gasteiger partial charge is 0.0893 e. The Morgan fingerprint density at radius 3 is 1.76 bits per heavy atom. The van der Waals surface area contributed by atoms with Gasteiger partial charge in [-0.05, 0) is 29.0 Å². The fourth-order valence-electron chi connectivity index (χ4n) is 4.91. The SMILES string of the molecule is c1ccc(C2OC[C@@H]3C[C@]23C(c2ccccc2)c2ccccc2)cc1. The maximum atomic E-state index is 6.33. The summed E-state index contributed by atoms with van der Waals surface area (Å²) in [5.74, 6) is 1.04. The molecule has 1 saturated heterocycles. The van der Waals surface area contributed by atoms with Crippen LogP contribution in [0.25, 0.3) is 0 Å². The Hall–Kier alpha value is -2.38. The predicted molar refractivity (Wildman–Crippen MR) is 100 cm³/mol. The third kappa shape index (κ3) is 2.34. The first-order valence-corrected chi connectivity index (χ1v) is 9.16. The molecule has 25 heavy (non-hydrogen) atoms. The van der Waals surface area contributed by atoms with Crippen LogP contribution in [-0.4, -0.2) is 6.61 Å². The highest BCUT2D eigenvalue weighted by atomic mass is 16.5. The van der Waals surface area contributed by atoms with Gasteiger partial charge in [0.05, 0.1) is 12.7 Å². The fraction of sp³-hybridized carbons (Fsp3) is 0.250. The molecule has 0 amide bonds. The van der Waals surface area contributed by atoms with E-state index in [2.05, 4.69) is 91.0 Å². The second-order valence-corrected chi connectivity index (χ2v) is 7.39. The quantitative estimate of drug-likeness (QED) is 0.607. The van der Waals surface area contributed by atoms with Gasteiger partial charge in [0.15, 0.2) is 0 Å². The minimum atomic E-state index is 0.184.